The molecule has 0 aliphatic rings. The Morgan fingerprint density at radius 1 is 0.510 bits per heavy atom. The van der Waals surface area contributed by atoms with Crippen LogP contribution in [0.1, 0.15) is 27.7 Å². The predicted octanol–water partition coefficient (Wildman–Crippen LogP) is 8.43. The van der Waals surface area contributed by atoms with Crippen LogP contribution in [0.4, 0.5) is 26.3 Å². The van der Waals surface area contributed by atoms with Crippen LogP contribution >= 0.6 is 0 Å². The molecule has 0 saturated heterocycles. The molecule has 0 aliphatic heterocycles. The zero-order valence-electron chi connectivity index (χ0n) is 28.3. The van der Waals surface area contributed by atoms with Crippen LogP contribution in [0.15, 0.2) is 110 Å². The number of H-pyrrole nitrogens is 1. The molecule has 3 heterocycles. The number of aryl methyl sites for hydroxylation is 2. The number of pyridine rings is 3. The van der Waals surface area contributed by atoms with Gasteiger partial charge in [0.15, 0.2) is 18.6 Å². The molecule has 3 aromatic heterocycles. The zero-order valence-corrected chi connectivity index (χ0v) is 31.7. The summed E-state index contributed by atoms with van der Waals surface area (Å²) < 4.78 is 81.6. The average Bonchev–Trinajstić information content (AvgIpc) is 3.09. The molecule has 250 valence electrons. The van der Waals surface area contributed by atoms with Gasteiger partial charge in [0.1, 0.15) is 31.2 Å². The van der Waals surface area contributed by atoms with Crippen molar-refractivity contribution in [1.82, 2.24) is 0 Å². The molecule has 1 N–H and O–H groups in total. The van der Waals surface area contributed by atoms with Gasteiger partial charge in [-0.3, -0.25) is 31.3 Å². The number of hydrogen-bond donors (Lipinski definition) is 0. The van der Waals surface area contributed by atoms with Crippen molar-refractivity contribution >= 4 is 45.5 Å². The zero-order chi connectivity index (χ0) is 35.6. The minimum absolute atomic E-state index is 0. The second-order valence-corrected chi connectivity index (χ2v) is 9.29. The fourth-order valence-corrected chi connectivity index (χ4v) is 4.05. The first kappa shape index (κ1) is 43.2. The van der Waals surface area contributed by atoms with Gasteiger partial charge in [0.25, 0.3) is 0 Å². The molecule has 0 aliphatic carbocycles. The van der Waals surface area contributed by atoms with Crippen molar-refractivity contribution in [2.45, 2.75) is 27.7 Å². The molecular weight excluding hydrogens is 712 g/mol. The van der Waals surface area contributed by atoms with Gasteiger partial charge in [-0.05, 0) is 34.9 Å². The van der Waals surface area contributed by atoms with Crippen molar-refractivity contribution in [3.63, 3.8) is 0 Å². The van der Waals surface area contributed by atoms with E-state index in [0.717, 1.165) is 36.4 Å². The minimum atomic E-state index is -0.623. The van der Waals surface area contributed by atoms with Gasteiger partial charge in [-0.15, -0.1) is 36.4 Å². The van der Waals surface area contributed by atoms with Gasteiger partial charge in [0, 0.05) is 53.1 Å². The van der Waals surface area contributed by atoms with Gasteiger partial charge in [-0.2, -0.15) is 0 Å². The quantitative estimate of drug-likeness (QED) is 0.0751. The maximum atomic E-state index is 13.4. The topological polar surface area (TPSA) is 21.9 Å². The first-order valence-electron chi connectivity index (χ1n) is 15.1. The average molecular weight is 749 g/mol. The van der Waals surface area contributed by atoms with Crippen LogP contribution in [0.3, 0.4) is 0 Å². The Hall–Kier alpha value is -3.83. The van der Waals surface area contributed by atoms with Gasteiger partial charge in [-0.1, -0.05) is 64.1 Å². The first-order chi connectivity index (χ1) is 23.1. The van der Waals surface area contributed by atoms with Crippen molar-refractivity contribution in [2.24, 2.45) is 14.1 Å². The molecule has 49 heavy (non-hydrogen) atoms. The molecule has 0 fully saturated rings. The van der Waals surface area contributed by atoms with E-state index in [4.69, 9.17) is 0 Å². The standard InChI is InChI=1S/2C12H9F2N.C11H6F2N.2C2H6.Sr/c2*1-15-7-3-2-4-12(15)10-6-5-9(13)8-11(10)14;12-8-4-5-9(10(13)7-8)11-3-1-2-6-14-11;2*1-2;/h2*2-5,7-8H,1H3;1-4,6-7H;2*1-2H3;/q;;-1;;;+2/p+1. The molecule has 3 nitrogen and oxygen atoms in total. The molecule has 6 rings (SSSR count). The number of hydrogen-bond acceptors (Lipinski definition) is 0. The Labute approximate surface area is 321 Å². The molecule has 6 aromatic rings. The van der Waals surface area contributed by atoms with E-state index in [2.05, 4.69) is 23.2 Å². The minimum Gasteiger partial charge on any atom is -0.265 e. The second kappa shape index (κ2) is 22.7. The molecule has 0 atom stereocenters. The molecule has 0 saturated carbocycles. The molecule has 3 aromatic carbocycles. The summed E-state index contributed by atoms with van der Waals surface area (Å²) >= 11 is 0. The predicted molar refractivity (Wildman–Crippen MR) is 179 cm³/mol. The van der Waals surface area contributed by atoms with E-state index in [1.807, 2.05) is 39.8 Å². The van der Waals surface area contributed by atoms with E-state index in [0.29, 0.717) is 17.1 Å². The largest absolute Gasteiger partial charge is 2.00 e. The molecule has 0 unspecified atom stereocenters. The maximum absolute atomic E-state index is 13.4. The third kappa shape index (κ3) is 13.2. The fourth-order valence-electron chi connectivity index (χ4n) is 4.05. The maximum Gasteiger partial charge on any atom is 2.00 e. The number of aromatic nitrogens is 3. The summed E-state index contributed by atoms with van der Waals surface area (Å²) in [5.41, 5.74) is 2.70. The summed E-state index contributed by atoms with van der Waals surface area (Å²) in [4.78, 5) is 2.85. The molecule has 0 bridgehead atoms. The Morgan fingerprint density at radius 3 is 1.20 bits per heavy atom. The number of nitrogens with one attached hydrogen (secondary N) is 1. The van der Waals surface area contributed by atoms with Gasteiger partial charge in [0.2, 0.25) is 0 Å². The second-order valence-electron chi connectivity index (χ2n) is 9.29. The first-order valence-corrected chi connectivity index (χ1v) is 15.1. The summed E-state index contributed by atoms with van der Waals surface area (Å²) in [6, 6.07) is 29.7. The van der Waals surface area contributed by atoms with Crippen LogP contribution in [-0.4, -0.2) is 45.5 Å². The fraction of sp³-hybridized carbons (Fsp3) is 0.154. The molecule has 0 radical (unpaired) electrons. The summed E-state index contributed by atoms with van der Waals surface area (Å²) in [5.74, 6) is -3.67. The summed E-state index contributed by atoms with van der Waals surface area (Å²) in [6.07, 6.45) is 5.27. The Kier molecular flexibility index (Phi) is 20.0. The summed E-state index contributed by atoms with van der Waals surface area (Å²) in [6.45, 7) is 8.00. The Bertz CT molecular complexity index is 1780. The van der Waals surface area contributed by atoms with Gasteiger partial charge in [0.05, 0.1) is 0 Å². The van der Waals surface area contributed by atoms with Crippen LogP contribution in [0.25, 0.3) is 33.8 Å². The normalized spacial score (nSPS) is 9.47. The third-order valence-corrected chi connectivity index (χ3v) is 6.17. The van der Waals surface area contributed by atoms with E-state index >= 15 is 0 Å². The molecule has 0 spiro atoms. The van der Waals surface area contributed by atoms with Gasteiger partial charge in [-0.25, -0.2) is 9.13 Å². The third-order valence-electron chi connectivity index (χ3n) is 6.17. The van der Waals surface area contributed by atoms with E-state index in [1.165, 1.54) is 0 Å². The van der Waals surface area contributed by atoms with Gasteiger partial charge >= 0.3 is 45.5 Å². The van der Waals surface area contributed by atoms with Crippen LogP contribution in [0, 0.1) is 53.1 Å². The van der Waals surface area contributed by atoms with Gasteiger partial charge < -0.3 is 0 Å². The smallest absolute Gasteiger partial charge is 0.265 e. The summed E-state index contributed by atoms with van der Waals surface area (Å²) in [5, 5.41) is 0. The number of aromatic amines is 1. The van der Waals surface area contributed by atoms with E-state index in [-0.39, 0.29) is 62.2 Å². The van der Waals surface area contributed by atoms with Crippen molar-refractivity contribution in [3.05, 3.63) is 163 Å². The van der Waals surface area contributed by atoms with E-state index < -0.39 is 34.9 Å². The van der Waals surface area contributed by atoms with E-state index in [1.54, 1.807) is 84.3 Å². The Balaban J connectivity index is 0.000000346. The monoisotopic (exact) mass is 749 g/mol. The molecular formula is C39H37F6N3Sr+2. The number of benzene rings is 3. The van der Waals surface area contributed by atoms with Crippen LogP contribution in [-0.2, 0) is 14.1 Å². The van der Waals surface area contributed by atoms with Crippen molar-refractivity contribution in [1.29, 1.82) is 0 Å². The number of rotatable bonds is 3. The number of nitrogens with zero attached hydrogens (tertiary/aromatic N) is 2. The molecule has 0 amide bonds. The Morgan fingerprint density at radius 2 is 0.878 bits per heavy atom. The van der Waals surface area contributed by atoms with Crippen LogP contribution in [0.5, 0.6) is 0 Å². The van der Waals surface area contributed by atoms with Crippen LogP contribution < -0.4 is 14.1 Å². The SMILES string of the molecule is CC.CC.C[n+]1ccccc1-c1[c-]cc(F)cc1F.C[n+]1ccccc1-c1[c-]cc(F)cc1F.Fc1c[c-]c(-c2cccc[nH+]2)c(F)c1.[Sr+2]. The van der Waals surface area contributed by atoms with Crippen molar-refractivity contribution < 1.29 is 40.5 Å². The van der Waals surface area contributed by atoms with Crippen molar-refractivity contribution in [3.8, 4) is 33.8 Å². The summed E-state index contributed by atoms with van der Waals surface area (Å²) in [7, 11) is 3.60. The van der Waals surface area contributed by atoms with E-state index in [9.17, 15) is 26.3 Å². The molecule has 10 heteroatoms. The van der Waals surface area contributed by atoms with Crippen LogP contribution in [0.2, 0.25) is 0 Å². The van der Waals surface area contributed by atoms with Crippen molar-refractivity contribution in [2.75, 3.05) is 0 Å². The number of halogens is 6.